The standard InChI is InChI=1S/C19H21N/c1-15-13-20(2)14-18(15)19(16-9-5-3-6-10-16)17-11-7-4-8-12-17/h3-12,19H,13-14H2,1-2H3. The van der Waals surface area contributed by atoms with Crippen molar-refractivity contribution in [3.05, 3.63) is 82.9 Å². The van der Waals surface area contributed by atoms with Gasteiger partial charge < -0.3 is 0 Å². The normalized spacial score (nSPS) is 16.1. The molecule has 0 unspecified atom stereocenters. The van der Waals surface area contributed by atoms with Gasteiger partial charge in [-0.1, -0.05) is 66.2 Å². The first kappa shape index (κ1) is 13.1. The van der Waals surface area contributed by atoms with Crippen LogP contribution in [0.4, 0.5) is 0 Å². The monoisotopic (exact) mass is 263 g/mol. The zero-order valence-electron chi connectivity index (χ0n) is 12.2. The minimum Gasteiger partial charge on any atom is -0.298 e. The van der Waals surface area contributed by atoms with Crippen LogP contribution in [0.5, 0.6) is 0 Å². The smallest absolute Gasteiger partial charge is 0.0314 e. The van der Waals surface area contributed by atoms with E-state index in [0.29, 0.717) is 5.92 Å². The summed E-state index contributed by atoms with van der Waals surface area (Å²) in [5, 5.41) is 0. The Morgan fingerprint density at radius 3 is 1.70 bits per heavy atom. The molecule has 1 aliphatic heterocycles. The number of nitrogens with zero attached hydrogens (tertiary/aromatic N) is 1. The topological polar surface area (TPSA) is 3.24 Å². The minimum atomic E-state index is 0.391. The molecule has 0 aromatic heterocycles. The first-order chi connectivity index (χ1) is 9.75. The summed E-state index contributed by atoms with van der Waals surface area (Å²) >= 11 is 0. The van der Waals surface area contributed by atoms with Crippen LogP contribution in [-0.2, 0) is 0 Å². The van der Waals surface area contributed by atoms with Crippen LogP contribution in [0, 0.1) is 0 Å². The van der Waals surface area contributed by atoms with Crippen LogP contribution in [0.15, 0.2) is 71.8 Å². The van der Waals surface area contributed by atoms with Crippen LogP contribution < -0.4 is 0 Å². The van der Waals surface area contributed by atoms with Crippen LogP contribution in [0.3, 0.4) is 0 Å². The molecule has 20 heavy (non-hydrogen) atoms. The highest BCUT2D eigenvalue weighted by Gasteiger charge is 2.25. The van der Waals surface area contributed by atoms with Gasteiger partial charge in [0.25, 0.3) is 0 Å². The van der Waals surface area contributed by atoms with Crippen molar-refractivity contribution < 1.29 is 0 Å². The maximum Gasteiger partial charge on any atom is 0.0314 e. The number of rotatable bonds is 3. The van der Waals surface area contributed by atoms with E-state index in [9.17, 15) is 0 Å². The minimum absolute atomic E-state index is 0.391. The molecule has 0 radical (unpaired) electrons. The molecule has 0 aliphatic carbocycles. The van der Waals surface area contributed by atoms with E-state index in [1.165, 1.54) is 16.7 Å². The van der Waals surface area contributed by atoms with Gasteiger partial charge in [0, 0.05) is 19.0 Å². The Bertz CT molecular complexity index is 559. The second-order valence-electron chi connectivity index (χ2n) is 5.73. The Labute approximate surface area is 121 Å². The van der Waals surface area contributed by atoms with E-state index in [2.05, 4.69) is 79.5 Å². The second-order valence-corrected chi connectivity index (χ2v) is 5.73. The van der Waals surface area contributed by atoms with Gasteiger partial charge in [-0.2, -0.15) is 0 Å². The Hall–Kier alpha value is -1.86. The van der Waals surface area contributed by atoms with Crippen LogP contribution in [-0.4, -0.2) is 25.0 Å². The van der Waals surface area contributed by atoms with Crippen molar-refractivity contribution in [1.29, 1.82) is 0 Å². The number of benzene rings is 2. The van der Waals surface area contributed by atoms with Gasteiger partial charge in [-0.05, 0) is 30.7 Å². The van der Waals surface area contributed by atoms with E-state index in [-0.39, 0.29) is 0 Å². The highest BCUT2D eigenvalue weighted by atomic mass is 15.1. The summed E-state index contributed by atoms with van der Waals surface area (Å²) in [5.74, 6) is 0.391. The molecular weight excluding hydrogens is 242 g/mol. The predicted molar refractivity (Wildman–Crippen MR) is 84.9 cm³/mol. The SMILES string of the molecule is CC1=C(C(c2ccccc2)c2ccccc2)CN(C)C1. The van der Waals surface area contributed by atoms with Crippen LogP contribution in [0.1, 0.15) is 24.0 Å². The molecule has 0 atom stereocenters. The largest absolute Gasteiger partial charge is 0.298 e. The van der Waals surface area contributed by atoms with Gasteiger partial charge in [-0.25, -0.2) is 0 Å². The third-order valence-corrected chi connectivity index (χ3v) is 4.11. The number of hydrogen-bond acceptors (Lipinski definition) is 1. The Kier molecular flexibility index (Phi) is 3.70. The predicted octanol–water partition coefficient (Wildman–Crippen LogP) is 4.08. The third-order valence-electron chi connectivity index (χ3n) is 4.11. The highest BCUT2D eigenvalue weighted by molar-refractivity contribution is 5.44. The zero-order valence-corrected chi connectivity index (χ0v) is 12.2. The number of likely N-dealkylation sites (N-methyl/N-ethyl adjacent to an activating group) is 1. The lowest BCUT2D eigenvalue weighted by Gasteiger charge is -2.21. The molecule has 1 aliphatic rings. The average Bonchev–Trinajstić information content (AvgIpc) is 2.80. The molecule has 0 saturated heterocycles. The molecule has 0 amide bonds. The van der Waals surface area contributed by atoms with Gasteiger partial charge in [-0.3, -0.25) is 4.90 Å². The zero-order chi connectivity index (χ0) is 13.9. The first-order valence-corrected chi connectivity index (χ1v) is 7.22. The van der Waals surface area contributed by atoms with Crippen molar-refractivity contribution in [3.63, 3.8) is 0 Å². The van der Waals surface area contributed by atoms with Crippen molar-refractivity contribution in [1.82, 2.24) is 4.90 Å². The molecule has 0 bridgehead atoms. The third kappa shape index (κ3) is 2.54. The van der Waals surface area contributed by atoms with E-state index in [1.807, 2.05) is 0 Å². The molecule has 1 heteroatoms. The molecule has 0 saturated carbocycles. The van der Waals surface area contributed by atoms with Gasteiger partial charge in [0.05, 0.1) is 0 Å². The average molecular weight is 263 g/mol. The van der Waals surface area contributed by atoms with Gasteiger partial charge in [0.2, 0.25) is 0 Å². The molecule has 0 fully saturated rings. The van der Waals surface area contributed by atoms with Crippen molar-refractivity contribution in [2.75, 3.05) is 20.1 Å². The quantitative estimate of drug-likeness (QED) is 0.754. The molecule has 0 N–H and O–H groups in total. The summed E-state index contributed by atoms with van der Waals surface area (Å²) in [4.78, 5) is 2.39. The molecule has 0 spiro atoms. The first-order valence-electron chi connectivity index (χ1n) is 7.22. The lowest BCUT2D eigenvalue weighted by Crippen LogP contribution is -2.16. The highest BCUT2D eigenvalue weighted by Crippen LogP contribution is 2.36. The molecular formula is C19H21N. The summed E-state index contributed by atoms with van der Waals surface area (Å²) in [7, 11) is 2.20. The maximum atomic E-state index is 2.39. The van der Waals surface area contributed by atoms with Gasteiger partial charge in [0.15, 0.2) is 0 Å². The van der Waals surface area contributed by atoms with Gasteiger partial charge >= 0.3 is 0 Å². The summed E-state index contributed by atoms with van der Waals surface area (Å²) in [6.07, 6.45) is 0. The molecule has 1 heterocycles. The summed E-state index contributed by atoms with van der Waals surface area (Å²) in [5.41, 5.74) is 5.86. The molecule has 2 aromatic carbocycles. The molecule has 3 rings (SSSR count). The van der Waals surface area contributed by atoms with E-state index < -0.39 is 0 Å². The lowest BCUT2D eigenvalue weighted by molar-refractivity contribution is 0.421. The van der Waals surface area contributed by atoms with Crippen molar-refractivity contribution in [2.45, 2.75) is 12.8 Å². The van der Waals surface area contributed by atoms with Crippen LogP contribution >= 0.6 is 0 Å². The van der Waals surface area contributed by atoms with Crippen molar-refractivity contribution in [3.8, 4) is 0 Å². The summed E-state index contributed by atoms with van der Waals surface area (Å²) in [6, 6.07) is 21.7. The van der Waals surface area contributed by atoms with E-state index in [1.54, 1.807) is 5.57 Å². The Morgan fingerprint density at radius 1 is 0.800 bits per heavy atom. The summed E-state index contributed by atoms with van der Waals surface area (Å²) < 4.78 is 0. The fourth-order valence-corrected chi connectivity index (χ4v) is 3.21. The van der Waals surface area contributed by atoms with E-state index >= 15 is 0 Å². The fourth-order valence-electron chi connectivity index (χ4n) is 3.21. The molecule has 1 nitrogen and oxygen atoms in total. The van der Waals surface area contributed by atoms with E-state index in [4.69, 9.17) is 0 Å². The number of hydrogen-bond donors (Lipinski definition) is 0. The van der Waals surface area contributed by atoms with Gasteiger partial charge in [-0.15, -0.1) is 0 Å². The second kappa shape index (κ2) is 5.64. The van der Waals surface area contributed by atoms with Gasteiger partial charge in [0.1, 0.15) is 0 Å². The van der Waals surface area contributed by atoms with Crippen LogP contribution in [0.2, 0.25) is 0 Å². The molecule has 102 valence electrons. The van der Waals surface area contributed by atoms with Crippen molar-refractivity contribution in [2.24, 2.45) is 0 Å². The lowest BCUT2D eigenvalue weighted by atomic mass is 9.83. The van der Waals surface area contributed by atoms with Crippen molar-refractivity contribution >= 4 is 0 Å². The summed E-state index contributed by atoms with van der Waals surface area (Å²) in [6.45, 7) is 4.43. The maximum absolute atomic E-state index is 2.39. The molecule has 2 aromatic rings. The Balaban J connectivity index is 2.08. The van der Waals surface area contributed by atoms with E-state index in [0.717, 1.165) is 13.1 Å². The Morgan fingerprint density at radius 2 is 1.30 bits per heavy atom. The van der Waals surface area contributed by atoms with Crippen LogP contribution in [0.25, 0.3) is 0 Å². The fraction of sp³-hybridized carbons (Fsp3) is 0.263.